The molecule has 0 aliphatic carbocycles. The molecule has 0 bridgehead atoms. The van der Waals surface area contributed by atoms with Crippen molar-refractivity contribution < 1.29 is 19.4 Å². The van der Waals surface area contributed by atoms with Crippen LogP contribution >= 0.6 is 0 Å². The summed E-state index contributed by atoms with van der Waals surface area (Å²) in [6.07, 6.45) is 5.03. The van der Waals surface area contributed by atoms with E-state index in [0.29, 0.717) is 0 Å². The summed E-state index contributed by atoms with van der Waals surface area (Å²) in [7, 11) is 0. The quantitative estimate of drug-likeness (QED) is 0.818. The largest absolute Gasteiger partial charge is 0.484 e. The smallest absolute Gasteiger partial charge is 0.260 e. The Morgan fingerprint density at radius 3 is 2.55 bits per heavy atom. The fourth-order valence-corrected chi connectivity index (χ4v) is 4.85. The summed E-state index contributed by atoms with van der Waals surface area (Å²) in [5, 5.41) is 9.67. The number of carbonyl (C=O) groups is 1. The topological polar surface area (TPSA) is 62.2 Å². The SMILES string of the molecule is Cc1ccc(OCC(=O)N2CCC3(CC2)CO[C@@H](CN2CCC(O)CC2)C3)cc1. The summed E-state index contributed by atoms with van der Waals surface area (Å²) in [4.78, 5) is 16.9. The number of piperidine rings is 2. The van der Waals surface area contributed by atoms with E-state index in [2.05, 4.69) is 4.90 Å². The Hall–Kier alpha value is -1.63. The van der Waals surface area contributed by atoms with Crippen LogP contribution < -0.4 is 4.74 Å². The predicted molar refractivity (Wildman–Crippen MR) is 111 cm³/mol. The van der Waals surface area contributed by atoms with Crippen molar-refractivity contribution in [1.29, 1.82) is 0 Å². The number of aliphatic hydroxyl groups is 1. The average Bonchev–Trinajstić information content (AvgIpc) is 3.11. The van der Waals surface area contributed by atoms with Gasteiger partial charge in [0.1, 0.15) is 5.75 Å². The van der Waals surface area contributed by atoms with Gasteiger partial charge in [0.25, 0.3) is 5.91 Å². The van der Waals surface area contributed by atoms with E-state index in [-0.39, 0.29) is 30.1 Å². The van der Waals surface area contributed by atoms with E-state index in [1.807, 2.05) is 36.1 Å². The Kier molecular flexibility index (Phi) is 6.42. The lowest BCUT2D eigenvalue weighted by molar-refractivity contribution is -0.135. The lowest BCUT2D eigenvalue weighted by Gasteiger charge is -2.38. The van der Waals surface area contributed by atoms with Gasteiger partial charge in [-0.15, -0.1) is 0 Å². The second-order valence-electron chi connectivity index (χ2n) is 9.15. The second kappa shape index (κ2) is 9.02. The molecule has 0 radical (unpaired) electrons. The van der Waals surface area contributed by atoms with Gasteiger partial charge in [-0.1, -0.05) is 17.7 Å². The first-order valence-electron chi connectivity index (χ1n) is 11.0. The van der Waals surface area contributed by atoms with E-state index < -0.39 is 0 Å². The number of amides is 1. The van der Waals surface area contributed by atoms with Crippen molar-refractivity contribution in [3.05, 3.63) is 29.8 Å². The highest BCUT2D eigenvalue weighted by Gasteiger charge is 2.43. The number of aliphatic hydroxyl groups excluding tert-OH is 1. The van der Waals surface area contributed by atoms with Crippen molar-refractivity contribution in [2.75, 3.05) is 45.9 Å². The minimum Gasteiger partial charge on any atom is -0.484 e. The minimum absolute atomic E-state index is 0.0720. The van der Waals surface area contributed by atoms with E-state index in [1.54, 1.807) is 0 Å². The van der Waals surface area contributed by atoms with Crippen LogP contribution in [0, 0.1) is 12.3 Å². The molecule has 3 saturated heterocycles. The molecule has 1 aromatic carbocycles. The Morgan fingerprint density at radius 2 is 1.86 bits per heavy atom. The number of hydrogen-bond donors (Lipinski definition) is 1. The van der Waals surface area contributed by atoms with Crippen LogP contribution in [-0.4, -0.2) is 79.0 Å². The van der Waals surface area contributed by atoms with Gasteiger partial charge in [-0.3, -0.25) is 4.79 Å². The zero-order valence-electron chi connectivity index (χ0n) is 17.5. The van der Waals surface area contributed by atoms with Crippen LogP contribution in [0.25, 0.3) is 0 Å². The molecule has 3 aliphatic heterocycles. The molecule has 1 atom stereocenters. The molecule has 3 aliphatic rings. The second-order valence-corrected chi connectivity index (χ2v) is 9.15. The van der Waals surface area contributed by atoms with E-state index in [0.717, 1.165) is 77.2 Å². The maximum atomic E-state index is 12.5. The maximum Gasteiger partial charge on any atom is 0.260 e. The molecule has 6 heteroatoms. The van der Waals surface area contributed by atoms with Crippen molar-refractivity contribution in [1.82, 2.24) is 9.80 Å². The number of aryl methyl sites for hydroxylation is 1. The maximum absolute atomic E-state index is 12.5. The zero-order chi connectivity index (χ0) is 20.3. The molecule has 0 aromatic heterocycles. The first-order chi connectivity index (χ1) is 14.0. The standard InChI is InChI=1S/C23H34N2O4/c1-18-2-4-20(5-3-18)28-16-22(27)25-12-8-23(9-13-25)14-21(29-17-23)15-24-10-6-19(26)7-11-24/h2-5,19,21,26H,6-17H2,1H3/t21-/m1/s1. The van der Waals surface area contributed by atoms with Crippen molar-refractivity contribution in [2.45, 2.75) is 51.2 Å². The molecule has 1 amide bonds. The highest BCUT2D eigenvalue weighted by atomic mass is 16.5. The Morgan fingerprint density at radius 1 is 1.17 bits per heavy atom. The van der Waals surface area contributed by atoms with Gasteiger partial charge < -0.3 is 24.4 Å². The molecular weight excluding hydrogens is 368 g/mol. The Bertz CT molecular complexity index is 677. The lowest BCUT2D eigenvalue weighted by Crippen LogP contribution is -2.45. The van der Waals surface area contributed by atoms with Crippen LogP contribution in [0.15, 0.2) is 24.3 Å². The number of rotatable bonds is 5. The van der Waals surface area contributed by atoms with Crippen molar-refractivity contribution in [2.24, 2.45) is 5.41 Å². The number of likely N-dealkylation sites (tertiary alicyclic amines) is 2. The number of nitrogens with zero attached hydrogens (tertiary/aromatic N) is 2. The predicted octanol–water partition coefficient (Wildman–Crippen LogP) is 2.23. The third-order valence-corrected chi connectivity index (χ3v) is 6.86. The summed E-state index contributed by atoms with van der Waals surface area (Å²) >= 11 is 0. The molecule has 3 heterocycles. The van der Waals surface area contributed by atoms with Gasteiger partial charge >= 0.3 is 0 Å². The van der Waals surface area contributed by atoms with Gasteiger partial charge in [0.2, 0.25) is 0 Å². The lowest BCUT2D eigenvalue weighted by atomic mass is 9.76. The summed E-state index contributed by atoms with van der Waals surface area (Å²) in [5.41, 5.74) is 1.41. The minimum atomic E-state index is -0.126. The monoisotopic (exact) mass is 402 g/mol. The number of ether oxygens (including phenoxy) is 2. The van der Waals surface area contributed by atoms with Gasteiger partial charge in [-0.05, 0) is 56.6 Å². The van der Waals surface area contributed by atoms with E-state index in [4.69, 9.17) is 9.47 Å². The molecule has 3 fully saturated rings. The van der Waals surface area contributed by atoms with Crippen LogP contribution in [0.5, 0.6) is 5.75 Å². The van der Waals surface area contributed by atoms with Gasteiger partial charge in [0.05, 0.1) is 18.8 Å². The van der Waals surface area contributed by atoms with Crippen LogP contribution in [-0.2, 0) is 9.53 Å². The highest BCUT2D eigenvalue weighted by molar-refractivity contribution is 5.77. The van der Waals surface area contributed by atoms with Gasteiger partial charge in [-0.2, -0.15) is 0 Å². The fourth-order valence-electron chi connectivity index (χ4n) is 4.85. The van der Waals surface area contributed by atoms with Crippen molar-refractivity contribution >= 4 is 5.91 Å². The normalized spacial score (nSPS) is 25.4. The molecule has 1 N–H and O–H groups in total. The van der Waals surface area contributed by atoms with Crippen LogP contribution in [0.3, 0.4) is 0 Å². The molecule has 160 valence electrons. The Labute approximate surface area is 173 Å². The third kappa shape index (κ3) is 5.30. The van der Waals surface area contributed by atoms with Crippen LogP contribution in [0.4, 0.5) is 0 Å². The van der Waals surface area contributed by atoms with Crippen LogP contribution in [0.1, 0.15) is 37.7 Å². The summed E-state index contributed by atoms with van der Waals surface area (Å²) in [6, 6.07) is 7.81. The number of benzene rings is 1. The van der Waals surface area contributed by atoms with Crippen molar-refractivity contribution in [3.63, 3.8) is 0 Å². The van der Waals surface area contributed by atoms with Gasteiger partial charge in [-0.25, -0.2) is 0 Å². The first-order valence-corrected chi connectivity index (χ1v) is 11.0. The molecule has 0 saturated carbocycles. The summed E-state index contributed by atoms with van der Waals surface area (Å²) < 4.78 is 11.8. The third-order valence-electron chi connectivity index (χ3n) is 6.86. The summed E-state index contributed by atoms with van der Waals surface area (Å²) in [5.74, 6) is 0.817. The molecule has 29 heavy (non-hydrogen) atoms. The van der Waals surface area contributed by atoms with E-state index in [1.165, 1.54) is 5.56 Å². The fraction of sp³-hybridized carbons (Fsp3) is 0.696. The highest BCUT2D eigenvalue weighted by Crippen LogP contribution is 2.42. The average molecular weight is 403 g/mol. The summed E-state index contributed by atoms with van der Waals surface area (Å²) in [6.45, 7) is 7.46. The Balaban J connectivity index is 1.19. The molecule has 6 nitrogen and oxygen atoms in total. The number of hydrogen-bond acceptors (Lipinski definition) is 5. The van der Waals surface area contributed by atoms with Crippen LogP contribution in [0.2, 0.25) is 0 Å². The molecule has 4 rings (SSSR count). The van der Waals surface area contributed by atoms with E-state index >= 15 is 0 Å². The number of carbonyl (C=O) groups excluding carboxylic acids is 1. The molecular formula is C23H34N2O4. The van der Waals surface area contributed by atoms with Gasteiger partial charge in [0, 0.05) is 32.7 Å². The molecule has 1 aromatic rings. The first kappa shape index (κ1) is 20.6. The van der Waals surface area contributed by atoms with E-state index in [9.17, 15) is 9.90 Å². The molecule has 0 unspecified atom stereocenters. The van der Waals surface area contributed by atoms with Crippen molar-refractivity contribution in [3.8, 4) is 5.75 Å². The van der Waals surface area contributed by atoms with Gasteiger partial charge in [0.15, 0.2) is 6.61 Å². The molecule has 1 spiro atoms. The zero-order valence-corrected chi connectivity index (χ0v) is 17.5.